The minimum absolute atomic E-state index is 0.259. The molecular formula is C12H13O4-. The molecular weight excluding hydrogens is 208 g/mol. The van der Waals surface area contributed by atoms with Gasteiger partial charge >= 0.3 is 5.97 Å². The molecule has 4 nitrogen and oxygen atoms in total. The molecule has 1 unspecified atom stereocenters. The largest absolute Gasteiger partial charge is 0.616 e. The SMILES string of the molecule is COC(=O)C1C=CC=CC=CC1=C([O-])OC. The highest BCUT2D eigenvalue weighted by molar-refractivity contribution is 5.79. The van der Waals surface area contributed by atoms with Crippen LogP contribution in [0.25, 0.3) is 0 Å². The summed E-state index contributed by atoms with van der Waals surface area (Å²) < 4.78 is 9.25. The number of carbonyl (C=O) groups excluding carboxylic acids is 1. The van der Waals surface area contributed by atoms with Gasteiger partial charge in [-0.05, 0) is 12.7 Å². The number of esters is 1. The first-order chi connectivity index (χ1) is 7.70. The van der Waals surface area contributed by atoms with Gasteiger partial charge in [0.05, 0.1) is 13.1 Å². The minimum Gasteiger partial charge on any atom is -0.616 e. The van der Waals surface area contributed by atoms with Crippen LogP contribution in [0.1, 0.15) is 0 Å². The Hall–Kier alpha value is -1.97. The van der Waals surface area contributed by atoms with Crippen LogP contribution in [0.15, 0.2) is 48.0 Å². The van der Waals surface area contributed by atoms with Crippen molar-refractivity contribution in [2.75, 3.05) is 14.2 Å². The van der Waals surface area contributed by atoms with Crippen molar-refractivity contribution < 1.29 is 19.4 Å². The summed E-state index contributed by atoms with van der Waals surface area (Å²) in [5.74, 6) is -1.75. The van der Waals surface area contributed by atoms with Gasteiger partial charge in [-0.3, -0.25) is 4.79 Å². The zero-order valence-electron chi connectivity index (χ0n) is 9.17. The predicted molar refractivity (Wildman–Crippen MR) is 57.0 cm³/mol. The third kappa shape index (κ3) is 2.76. The minimum atomic E-state index is -0.723. The molecule has 0 heterocycles. The Balaban J connectivity index is 3.17. The Bertz CT molecular complexity index is 374. The smallest absolute Gasteiger partial charge is 0.317 e. The van der Waals surface area contributed by atoms with Gasteiger partial charge in [0.25, 0.3) is 0 Å². The Morgan fingerprint density at radius 1 is 1.19 bits per heavy atom. The van der Waals surface area contributed by atoms with Gasteiger partial charge in [0.1, 0.15) is 5.92 Å². The van der Waals surface area contributed by atoms with E-state index in [1.807, 2.05) is 0 Å². The van der Waals surface area contributed by atoms with E-state index in [0.29, 0.717) is 0 Å². The molecule has 4 heteroatoms. The molecule has 16 heavy (non-hydrogen) atoms. The number of rotatable bonds is 2. The lowest BCUT2D eigenvalue weighted by Gasteiger charge is -2.19. The van der Waals surface area contributed by atoms with Crippen molar-refractivity contribution >= 4 is 5.97 Å². The van der Waals surface area contributed by atoms with Gasteiger partial charge in [0, 0.05) is 0 Å². The summed E-state index contributed by atoms with van der Waals surface area (Å²) in [5.41, 5.74) is 0.259. The van der Waals surface area contributed by atoms with Crippen LogP contribution in [-0.4, -0.2) is 20.2 Å². The van der Waals surface area contributed by atoms with Gasteiger partial charge in [-0.1, -0.05) is 36.5 Å². The fourth-order valence-corrected chi connectivity index (χ4v) is 1.32. The monoisotopic (exact) mass is 221 g/mol. The predicted octanol–water partition coefficient (Wildman–Crippen LogP) is 0.676. The molecule has 0 amide bonds. The van der Waals surface area contributed by atoms with Crippen molar-refractivity contribution in [3.8, 4) is 0 Å². The van der Waals surface area contributed by atoms with Gasteiger partial charge in [-0.2, -0.15) is 0 Å². The fourth-order valence-electron chi connectivity index (χ4n) is 1.32. The molecule has 0 aromatic carbocycles. The van der Waals surface area contributed by atoms with Crippen molar-refractivity contribution in [3.63, 3.8) is 0 Å². The fraction of sp³-hybridized carbons (Fsp3) is 0.250. The lowest BCUT2D eigenvalue weighted by Crippen LogP contribution is -2.21. The quantitative estimate of drug-likeness (QED) is 0.508. The molecule has 86 valence electrons. The van der Waals surface area contributed by atoms with E-state index in [1.54, 1.807) is 36.5 Å². The van der Waals surface area contributed by atoms with E-state index in [-0.39, 0.29) is 5.57 Å². The van der Waals surface area contributed by atoms with Crippen LogP contribution in [0.4, 0.5) is 0 Å². The average Bonchev–Trinajstić information content (AvgIpc) is 2.27. The maximum absolute atomic E-state index is 11.5. The summed E-state index contributed by atoms with van der Waals surface area (Å²) in [7, 11) is 2.55. The second-order valence-corrected chi connectivity index (χ2v) is 3.08. The van der Waals surface area contributed by atoms with E-state index in [4.69, 9.17) is 0 Å². The van der Waals surface area contributed by atoms with Crippen molar-refractivity contribution in [1.82, 2.24) is 0 Å². The second-order valence-electron chi connectivity index (χ2n) is 3.08. The van der Waals surface area contributed by atoms with Crippen LogP contribution in [0, 0.1) is 5.92 Å². The summed E-state index contributed by atoms with van der Waals surface area (Å²) in [4.78, 5) is 11.5. The van der Waals surface area contributed by atoms with E-state index < -0.39 is 17.8 Å². The maximum Gasteiger partial charge on any atom is 0.317 e. The van der Waals surface area contributed by atoms with E-state index in [1.165, 1.54) is 14.2 Å². The highest BCUT2D eigenvalue weighted by atomic mass is 16.6. The van der Waals surface area contributed by atoms with Crippen LogP contribution in [0.3, 0.4) is 0 Å². The summed E-state index contributed by atoms with van der Waals surface area (Å²) in [6.45, 7) is 0. The van der Waals surface area contributed by atoms with Crippen molar-refractivity contribution in [3.05, 3.63) is 48.0 Å². The topological polar surface area (TPSA) is 58.6 Å². The molecule has 1 aliphatic carbocycles. The number of methoxy groups -OCH3 is 2. The van der Waals surface area contributed by atoms with E-state index in [2.05, 4.69) is 9.47 Å². The number of hydrogen-bond acceptors (Lipinski definition) is 4. The molecule has 1 rings (SSSR count). The van der Waals surface area contributed by atoms with E-state index >= 15 is 0 Å². The summed E-state index contributed by atoms with van der Waals surface area (Å²) in [6.07, 6.45) is 10.0. The van der Waals surface area contributed by atoms with Crippen molar-refractivity contribution in [2.24, 2.45) is 5.92 Å². The lowest BCUT2D eigenvalue weighted by atomic mass is 9.97. The second kappa shape index (κ2) is 5.80. The molecule has 0 aromatic heterocycles. The number of ether oxygens (including phenoxy) is 2. The van der Waals surface area contributed by atoms with Gasteiger partial charge in [0.2, 0.25) is 0 Å². The Labute approximate surface area is 94.2 Å². The van der Waals surface area contributed by atoms with E-state index in [9.17, 15) is 9.90 Å². The van der Waals surface area contributed by atoms with Crippen LogP contribution in [0.2, 0.25) is 0 Å². The first-order valence-corrected chi connectivity index (χ1v) is 4.75. The first kappa shape index (κ1) is 12.1. The Morgan fingerprint density at radius 2 is 1.88 bits per heavy atom. The van der Waals surface area contributed by atoms with Crippen LogP contribution in [0.5, 0.6) is 0 Å². The Morgan fingerprint density at radius 3 is 2.50 bits per heavy atom. The molecule has 0 radical (unpaired) electrons. The van der Waals surface area contributed by atoms with Gasteiger partial charge in [-0.15, -0.1) is 0 Å². The molecule has 1 aliphatic rings. The third-order valence-electron chi connectivity index (χ3n) is 2.12. The molecule has 0 spiro atoms. The van der Waals surface area contributed by atoms with Crippen molar-refractivity contribution in [2.45, 2.75) is 0 Å². The lowest BCUT2D eigenvalue weighted by molar-refractivity contribution is -0.355. The van der Waals surface area contributed by atoms with Crippen LogP contribution < -0.4 is 5.11 Å². The normalized spacial score (nSPS) is 22.2. The summed E-state index contributed by atoms with van der Waals surface area (Å²) in [6, 6.07) is 0. The number of carbonyl (C=O) groups is 1. The third-order valence-corrected chi connectivity index (χ3v) is 2.12. The highest BCUT2D eigenvalue weighted by Crippen LogP contribution is 2.20. The summed E-state index contributed by atoms with van der Waals surface area (Å²) in [5, 5.41) is 11.5. The van der Waals surface area contributed by atoms with Crippen LogP contribution in [-0.2, 0) is 14.3 Å². The average molecular weight is 221 g/mol. The number of hydrogen-bond donors (Lipinski definition) is 0. The van der Waals surface area contributed by atoms with Gasteiger partial charge < -0.3 is 14.6 Å². The zero-order chi connectivity index (χ0) is 12.0. The standard InChI is InChI=1S/C12H14O4/c1-15-11(13)9-7-5-3-4-6-8-10(9)12(14)16-2/h3-9,14H,1-2H3/p-1. The van der Waals surface area contributed by atoms with E-state index in [0.717, 1.165) is 0 Å². The van der Waals surface area contributed by atoms with Gasteiger partial charge in [0.15, 0.2) is 0 Å². The number of allylic oxidation sites excluding steroid dienone is 5. The molecule has 0 saturated heterocycles. The van der Waals surface area contributed by atoms with Crippen LogP contribution >= 0.6 is 0 Å². The molecule has 0 N–H and O–H groups in total. The Kier molecular flexibility index (Phi) is 4.39. The summed E-state index contributed by atoms with van der Waals surface area (Å²) >= 11 is 0. The van der Waals surface area contributed by atoms with Crippen molar-refractivity contribution in [1.29, 1.82) is 0 Å². The molecule has 1 atom stereocenters. The molecule has 0 aromatic rings. The van der Waals surface area contributed by atoms with Gasteiger partial charge in [-0.25, -0.2) is 0 Å². The molecule has 0 aliphatic heterocycles. The first-order valence-electron chi connectivity index (χ1n) is 4.75. The molecule has 0 bridgehead atoms. The highest BCUT2D eigenvalue weighted by Gasteiger charge is 2.20. The molecule has 0 fully saturated rings. The maximum atomic E-state index is 11.5. The zero-order valence-corrected chi connectivity index (χ0v) is 9.17. The molecule has 0 saturated carbocycles.